The molecule has 0 aliphatic carbocycles. The van der Waals surface area contributed by atoms with E-state index >= 15 is 0 Å². The zero-order valence-corrected chi connectivity index (χ0v) is 9.28. The first-order valence-corrected chi connectivity index (χ1v) is 5.69. The first kappa shape index (κ1) is 11.1. The smallest absolute Gasteiger partial charge is 0.138 e. The Kier molecular flexibility index (Phi) is 3.51. The van der Waals surface area contributed by atoms with Gasteiger partial charge in [0, 0.05) is 42.5 Å². The van der Waals surface area contributed by atoms with E-state index in [4.69, 9.17) is 5.73 Å². The Bertz CT molecular complexity index is 372. The van der Waals surface area contributed by atoms with Gasteiger partial charge in [-0.15, -0.1) is 0 Å². The number of pyridine rings is 1. The van der Waals surface area contributed by atoms with Gasteiger partial charge in [0.2, 0.25) is 0 Å². The van der Waals surface area contributed by atoms with Crippen LogP contribution in [0.15, 0.2) is 18.5 Å². The van der Waals surface area contributed by atoms with Crippen molar-refractivity contribution in [3.8, 4) is 0 Å². The number of hydrogen-bond acceptors (Lipinski definition) is 4. The van der Waals surface area contributed by atoms with Gasteiger partial charge < -0.3 is 11.1 Å². The Labute approximate surface area is 95.3 Å². The summed E-state index contributed by atoms with van der Waals surface area (Å²) < 4.78 is 0. The highest BCUT2D eigenvalue weighted by Crippen LogP contribution is 2.14. The number of rotatable bonds is 4. The number of carbonyl (C=O) groups is 1. The van der Waals surface area contributed by atoms with Gasteiger partial charge in [0.25, 0.3) is 0 Å². The minimum absolute atomic E-state index is 0.235. The van der Waals surface area contributed by atoms with Gasteiger partial charge in [-0.25, -0.2) is 0 Å². The first-order chi connectivity index (χ1) is 7.75. The number of Topliss-reactive ketones (excluding diaryl/α,β-unsaturated/α-hetero) is 1. The van der Waals surface area contributed by atoms with Gasteiger partial charge in [0.1, 0.15) is 5.78 Å². The van der Waals surface area contributed by atoms with Crippen molar-refractivity contribution in [2.45, 2.75) is 31.7 Å². The fourth-order valence-corrected chi connectivity index (χ4v) is 2.08. The molecule has 1 aromatic rings. The molecule has 0 radical (unpaired) electrons. The average Bonchev–Trinajstić information content (AvgIpc) is 2.74. The lowest BCUT2D eigenvalue weighted by Crippen LogP contribution is -2.25. The lowest BCUT2D eigenvalue weighted by molar-refractivity contribution is -0.118. The topological polar surface area (TPSA) is 68.0 Å². The van der Waals surface area contributed by atoms with Crippen LogP contribution in [0.2, 0.25) is 0 Å². The maximum Gasteiger partial charge on any atom is 0.138 e. The first-order valence-electron chi connectivity index (χ1n) is 5.69. The third-order valence-corrected chi connectivity index (χ3v) is 2.97. The normalized spacial score (nSPS) is 19.9. The fourth-order valence-electron chi connectivity index (χ4n) is 2.08. The molecule has 4 heteroatoms. The van der Waals surface area contributed by atoms with Crippen LogP contribution in [0.4, 0.5) is 5.69 Å². The van der Waals surface area contributed by atoms with Gasteiger partial charge >= 0.3 is 0 Å². The number of nitrogens with one attached hydrogen (secondary N) is 1. The summed E-state index contributed by atoms with van der Waals surface area (Å²) in [7, 11) is 0. The minimum atomic E-state index is 0.235. The van der Waals surface area contributed by atoms with Crippen molar-refractivity contribution in [2.75, 3.05) is 12.3 Å². The third-order valence-electron chi connectivity index (χ3n) is 2.97. The number of carbonyl (C=O) groups excluding carboxylic acids is 1. The molecule has 86 valence electrons. The largest absolute Gasteiger partial charge is 0.398 e. The van der Waals surface area contributed by atoms with Crippen LogP contribution >= 0.6 is 0 Å². The molecule has 3 N–H and O–H groups in total. The monoisotopic (exact) mass is 219 g/mol. The van der Waals surface area contributed by atoms with Crippen LogP contribution in [0.25, 0.3) is 0 Å². The van der Waals surface area contributed by atoms with Crippen LogP contribution in [0.5, 0.6) is 0 Å². The molecule has 4 nitrogen and oxygen atoms in total. The quantitative estimate of drug-likeness (QED) is 0.790. The van der Waals surface area contributed by atoms with Crippen LogP contribution in [-0.4, -0.2) is 23.4 Å². The molecule has 1 aliphatic rings. The Balaban J connectivity index is 1.89. The van der Waals surface area contributed by atoms with Crippen LogP contribution in [0, 0.1) is 0 Å². The van der Waals surface area contributed by atoms with Gasteiger partial charge in [-0.05, 0) is 25.5 Å². The third kappa shape index (κ3) is 2.79. The molecule has 1 saturated heterocycles. The number of nitrogens with zero attached hydrogens (tertiary/aromatic N) is 1. The van der Waals surface area contributed by atoms with Crippen molar-refractivity contribution in [1.82, 2.24) is 10.3 Å². The summed E-state index contributed by atoms with van der Waals surface area (Å²) >= 11 is 0. The summed E-state index contributed by atoms with van der Waals surface area (Å²) in [5, 5.41) is 3.32. The number of aromatic nitrogens is 1. The molecule has 2 heterocycles. The van der Waals surface area contributed by atoms with Crippen LogP contribution in [0.3, 0.4) is 0 Å². The molecule has 1 unspecified atom stereocenters. The molecule has 0 saturated carbocycles. The van der Waals surface area contributed by atoms with Crippen molar-refractivity contribution in [3.05, 3.63) is 24.0 Å². The summed E-state index contributed by atoms with van der Waals surface area (Å²) in [6.45, 7) is 1.03. The number of ketones is 1. The second kappa shape index (κ2) is 5.07. The molecule has 1 fully saturated rings. The highest BCUT2D eigenvalue weighted by molar-refractivity contribution is 5.82. The average molecular weight is 219 g/mol. The van der Waals surface area contributed by atoms with E-state index in [9.17, 15) is 4.79 Å². The van der Waals surface area contributed by atoms with Crippen molar-refractivity contribution < 1.29 is 4.79 Å². The SMILES string of the molecule is Nc1ccncc1CC(=O)CC1CCCN1. The summed E-state index contributed by atoms with van der Waals surface area (Å²) in [5.74, 6) is 0.235. The van der Waals surface area contributed by atoms with E-state index in [0.29, 0.717) is 24.6 Å². The molecule has 1 atom stereocenters. The lowest BCUT2D eigenvalue weighted by Gasteiger charge is -2.09. The molecular formula is C12H17N3O. The van der Waals surface area contributed by atoms with Gasteiger partial charge in [-0.2, -0.15) is 0 Å². The van der Waals surface area contributed by atoms with E-state index in [1.165, 1.54) is 6.42 Å². The predicted molar refractivity (Wildman–Crippen MR) is 63.0 cm³/mol. The van der Waals surface area contributed by atoms with Crippen molar-refractivity contribution in [2.24, 2.45) is 0 Å². The lowest BCUT2D eigenvalue weighted by atomic mass is 10.0. The van der Waals surface area contributed by atoms with Crippen LogP contribution in [-0.2, 0) is 11.2 Å². The Morgan fingerprint density at radius 2 is 2.50 bits per heavy atom. The second-order valence-corrected chi connectivity index (χ2v) is 4.29. The van der Waals surface area contributed by atoms with Crippen molar-refractivity contribution in [1.29, 1.82) is 0 Å². The summed E-state index contributed by atoms with van der Waals surface area (Å²) in [4.78, 5) is 15.8. The molecular weight excluding hydrogens is 202 g/mol. The van der Waals surface area contributed by atoms with Gasteiger partial charge in [-0.3, -0.25) is 9.78 Å². The standard InChI is InChI=1S/C12H17N3O/c13-12-3-5-14-8-9(12)6-11(16)7-10-2-1-4-15-10/h3,5,8,10,15H,1-2,4,6-7H2,(H2,13,14). The zero-order chi connectivity index (χ0) is 11.4. The van der Waals surface area contributed by atoms with Crippen molar-refractivity contribution in [3.63, 3.8) is 0 Å². The fraction of sp³-hybridized carbons (Fsp3) is 0.500. The molecule has 0 amide bonds. The molecule has 1 aliphatic heterocycles. The molecule has 0 spiro atoms. The highest BCUT2D eigenvalue weighted by atomic mass is 16.1. The highest BCUT2D eigenvalue weighted by Gasteiger charge is 2.18. The van der Waals surface area contributed by atoms with E-state index < -0.39 is 0 Å². The van der Waals surface area contributed by atoms with Crippen molar-refractivity contribution >= 4 is 11.5 Å². The zero-order valence-electron chi connectivity index (χ0n) is 9.28. The van der Waals surface area contributed by atoms with E-state index in [2.05, 4.69) is 10.3 Å². The van der Waals surface area contributed by atoms with E-state index in [1.54, 1.807) is 18.5 Å². The maximum atomic E-state index is 11.8. The summed E-state index contributed by atoms with van der Waals surface area (Å²) in [6, 6.07) is 2.10. The number of nitrogens with two attached hydrogens (primary N) is 1. The number of nitrogen functional groups attached to an aromatic ring is 1. The van der Waals surface area contributed by atoms with Gasteiger partial charge in [0.15, 0.2) is 0 Å². The number of hydrogen-bond donors (Lipinski definition) is 2. The summed E-state index contributed by atoms with van der Waals surface area (Å²) in [6.07, 6.45) is 6.60. The Morgan fingerprint density at radius 3 is 3.19 bits per heavy atom. The predicted octanol–water partition coefficient (Wildman–Crippen LogP) is 0.917. The molecule has 16 heavy (non-hydrogen) atoms. The Morgan fingerprint density at radius 1 is 1.62 bits per heavy atom. The van der Waals surface area contributed by atoms with Crippen LogP contribution < -0.4 is 11.1 Å². The minimum Gasteiger partial charge on any atom is -0.398 e. The van der Waals surface area contributed by atoms with E-state index in [1.807, 2.05) is 0 Å². The van der Waals surface area contributed by atoms with E-state index in [0.717, 1.165) is 18.5 Å². The van der Waals surface area contributed by atoms with Gasteiger partial charge in [-0.1, -0.05) is 0 Å². The molecule has 0 bridgehead atoms. The van der Waals surface area contributed by atoms with E-state index in [-0.39, 0.29) is 5.78 Å². The van der Waals surface area contributed by atoms with Gasteiger partial charge in [0.05, 0.1) is 0 Å². The number of anilines is 1. The second-order valence-electron chi connectivity index (χ2n) is 4.29. The van der Waals surface area contributed by atoms with Crippen LogP contribution in [0.1, 0.15) is 24.8 Å². The molecule has 2 rings (SSSR count). The maximum absolute atomic E-state index is 11.8. The molecule has 1 aromatic heterocycles. The molecule has 0 aromatic carbocycles. The Hall–Kier alpha value is -1.42. The summed E-state index contributed by atoms with van der Waals surface area (Å²) in [5.41, 5.74) is 7.26.